The highest BCUT2D eigenvalue weighted by Crippen LogP contribution is 2.28. The Labute approximate surface area is 129 Å². The van der Waals surface area contributed by atoms with Crippen LogP contribution in [0.1, 0.15) is 22.8 Å². The van der Waals surface area contributed by atoms with E-state index in [1.54, 1.807) is 0 Å². The molecule has 1 heterocycles. The standard InChI is InChI=1S/C18H21NOS/c20-21-13-7-12-19-17(14-15-8-3-1-4-9-15)18(21)16-10-5-2-6-11-16/h1-6,8-11,17-19H,7,12-14H2. The molecule has 0 saturated carbocycles. The molecule has 21 heavy (non-hydrogen) atoms. The number of hydrogen-bond acceptors (Lipinski definition) is 2. The van der Waals surface area contributed by atoms with Crippen molar-refractivity contribution in [1.29, 1.82) is 0 Å². The van der Waals surface area contributed by atoms with Crippen LogP contribution in [0.15, 0.2) is 60.7 Å². The van der Waals surface area contributed by atoms with Crippen LogP contribution in [0.4, 0.5) is 0 Å². The van der Waals surface area contributed by atoms with E-state index in [0.29, 0.717) is 0 Å². The first-order chi connectivity index (χ1) is 10.3. The normalized spacial score (nSPS) is 26.2. The third-order valence-corrected chi connectivity index (χ3v) is 5.86. The van der Waals surface area contributed by atoms with Crippen LogP contribution in [0.3, 0.4) is 0 Å². The zero-order valence-corrected chi connectivity index (χ0v) is 12.9. The van der Waals surface area contributed by atoms with E-state index in [-0.39, 0.29) is 11.3 Å². The van der Waals surface area contributed by atoms with Gasteiger partial charge >= 0.3 is 0 Å². The highest BCUT2D eigenvalue weighted by atomic mass is 32.2. The molecule has 0 aliphatic carbocycles. The van der Waals surface area contributed by atoms with Crippen LogP contribution in [-0.2, 0) is 17.2 Å². The molecule has 1 N–H and O–H groups in total. The van der Waals surface area contributed by atoms with Gasteiger partial charge in [0.1, 0.15) is 0 Å². The van der Waals surface area contributed by atoms with Crippen molar-refractivity contribution >= 4 is 10.8 Å². The molecule has 1 aliphatic rings. The fourth-order valence-corrected chi connectivity index (χ4v) is 4.70. The predicted octanol–water partition coefficient (Wildman–Crippen LogP) is 3.08. The summed E-state index contributed by atoms with van der Waals surface area (Å²) in [6.45, 7) is 0.951. The first-order valence-electron chi connectivity index (χ1n) is 7.54. The quantitative estimate of drug-likeness (QED) is 0.943. The summed E-state index contributed by atoms with van der Waals surface area (Å²) in [7, 11) is -0.813. The first kappa shape index (κ1) is 14.5. The van der Waals surface area contributed by atoms with Gasteiger partial charge in [-0.05, 0) is 30.5 Å². The molecular weight excluding hydrogens is 278 g/mol. The van der Waals surface area contributed by atoms with Crippen molar-refractivity contribution < 1.29 is 4.21 Å². The predicted molar refractivity (Wildman–Crippen MR) is 88.7 cm³/mol. The Morgan fingerprint density at radius 1 is 1.00 bits per heavy atom. The molecule has 3 heteroatoms. The molecule has 1 fully saturated rings. The van der Waals surface area contributed by atoms with Crippen LogP contribution in [-0.4, -0.2) is 22.5 Å². The summed E-state index contributed by atoms with van der Waals surface area (Å²) in [5.74, 6) is 0.790. The van der Waals surface area contributed by atoms with Crippen LogP contribution < -0.4 is 5.32 Å². The zero-order valence-electron chi connectivity index (χ0n) is 12.1. The summed E-state index contributed by atoms with van der Waals surface area (Å²) in [6.07, 6.45) is 1.91. The van der Waals surface area contributed by atoms with Gasteiger partial charge in [-0.25, -0.2) is 0 Å². The minimum Gasteiger partial charge on any atom is -0.312 e. The van der Waals surface area contributed by atoms with Crippen molar-refractivity contribution in [3.8, 4) is 0 Å². The fraction of sp³-hybridized carbons (Fsp3) is 0.333. The van der Waals surface area contributed by atoms with Crippen LogP contribution in [0.25, 0.3) is 0 Å². The Morgan fingerprint density at radius 3 is 2.38 bits per heavy atom. The molecule has 3 rings (SSSR count). The molecule has 0 radical (unpaired) electrons. The van der Waals surface area contributed by atoms with Crippen molar-refractivity contribution in [2.24, 2.45) is 0 Å². The summed E-state index contributed by atoms with van der Waals surface area (Å²) in [5, 5.41) is 3.69. The molecule has 0 amide bonds. The fourth-order valence-electron chi connectivity index (χ4n) is 2.99. The van der Waals surface area contributed by atoms with E-state index in [4.69, 9.17) is 0 Å². The molecule has 2 nitrogen and oxygen atoms in total. The average molecular weight is 299 g/mol. The number of nitrogens with one attached hydrogen (secondary N) is 1. The van der Waals surface area contributed by atoms with E-state index in [9.17, 15) is 4.21 Å². The van der Waals surface area contributed by atoms with Crippen molar-refractivity contribution in [2.75, 3.05) is 12.3 Å². The van der Waals surface area contributed by atoms with Gasteiger partial charge in [-0.2, -0.15) is 0 Å². The summed E-state index contributed by atoms with van der Waals surface area (Å²) in [6, 6.07) is 21.0. The van der Waals surface area contributed by atoms with Gasteiger partial charge in [0.25, 0.3) is 0 Å². The third-order valence-electron chi connectivity index (χ3n) is 4.00. The van der Waals surface area contributed by atoms with E-state index in [0.717, 1.165) is 25.1 Å². The van der Waals surface area contributed by atoms with Gasteiger partial charge in [-0.3, -0.25) is 4.21 Å². The Balaban J connectivity index is 1.89. The number of benzene rings is 2. The summed E-state index contributed by atoms with van der Waals surface area (Å²) in [4.78, 5) is 0. The van der Waals surface area contributed by atoms with Gasteiger partial charge in [0.05, 0.1) is 5.25 Å². The summed E-state index contributed by atoms with van der Waals surface area (Å²) >= 11 is 0. The molecule has 3 atom stereocenters. The highest BCUT2D eigenvalue weighted by molar-refractivity contribution is 7.85. The van der Waals surface area contributed by atoms with Crippen LogP contribution in [0.5, 0.6) is 0 Å². The van der Waals surface area contributed by atoms with Gasteiger partial charge in [0.2, 0.25) is 0 Å². The molecular formula is C18H21NOS. The van der Waals surface area contributed by atoms with Gasteiger partial charge in [-0.1, -0.05) is 60.7 Å². The molecule has 0 bridgehead atoms. The minimum atomic E-state index is -0.813. The lowest BCUT2D eigenvalue weighted by atomic mass is 9.98. The number of rotatable bonds is 3. The van der Waals surface area contributed by atoms with E-state index < -0.39 is 10.8 Å². The second-order valence-corrected chi connectivity index (χ2v) is 7.20. The first-order valence-corrected chi connectivity index (χ1v) is 8.92. The topological polar surface area (TPSA) is 29.1 Å². The molecule has 2 aromatic carbocycles. The maximum atomic E-state index is 12.7. The van der Waals surface area contributed by atoms with Crippen molar-refractivity contribution in [3.05, 3.63) is 71.8 Å². The molecule has 2 aromatic rings. The molecule has 1 saturated heterocycles. The lowest BCUT2D eigenvalue weighted by molar-refractivity contribution is 0.503. The van der Waals surface area contributed by atoms with Crippen molar-refractivity contribution in [1.82, 2.24) is 5.32 Å². The lowest BCUT2D eigenvalue weighted by Crippen LogP contribution is -2.37. The smallest absolute Gasteiger partial charge is 0.0753 e. The van der Waals surface area contributed by atoms with Crippen molar-refractivity contribution in [2.45, 2.75) is 24.1 Å². The maximum absolute atomic E-state index is 12.7. The van der Waals surface area contributed by atoms with Crippen LogP contribution in [0.2, 0.25) is 0 Å². The Hall–Kier alpha value is -1.45. The lowest BCUT2D eigenvalue weighted by Gasteiger charge is -2.25. The largest absolute Gasteiger partial charge is 0.312 e. The minimum absolute atomic E-state index is 0.0777. The van der Waals surface area contributed by atoms with Crippen LogP contribution in [0, 0.1) is 0 Å². The zero-order chi connectivity index (χ0) is 14.5. The summed E-state index contributed by atoms with van der Waals surface area (Å²) < 4.78 is 12.7. The third kappa shape index (κ3) is 3.60. The van der Waals surface area contributed by atoms with Gasteiger partial charge in [0, 0.05) is 22.6 Å². The molecule has 0 spiro atoms. The number of hydrogen-bond donors (Lipinski definition) is 1. The monoisotopic (exact) mass is 299 g/mol. The van der Waals surface area contributed by atoms with Gasteiger partial charge < -0.3 is 5.32 Å². The Bertz CT molecular complexity index is 585. The van der Waals surface area contributed by atoms with E-state index in [1.807, 2.05) is 24.3 Å². The Morgan fingerprint density at radius 2 is 1.67 bits per heavy atom. The molecule has 3 unspecified atom stereocenters. The average Bonchev–Trinajstić information content (AvgIpc) is 2.71. The van der Waals surface area contributed by atoms with Gasteiger partial charge in [-0.15, -0.1) is 0 Å². The maximum Gasteiger partial charge on any atom is 0.0753 e. The molecule has 1 aliphatic heterocycles. The Kier molecular flexibility index (Phi) is 4.84. The second-order valence-electron chi connectivity index (χ2n) is 5.52. The molecule has 110 valence electrons. The SMILES string of the molecule is O=S1CCCNC(Cc2ccccc2)C1c1ccccc1. The molecule has 0 aromatic heterocycles. The van der Waals surface area contributed by atoms with Gasteiger partial charge in [0.15, 0.2) is 0 Å². The van der Waals surface area contributed by atoms with Crippen molar-refractivity contribution in [3.63, 3.8) is 0 Å². The highest BCUT2D eigenvalue weighted by Gasteiger charge is 2.30. The van der Waals surface area contributed by atoms with E-state index >= 15 is 0 Å². The van der Waals surface area contributed by atoms with E-state index in [2.05, 4.69) is 41.7 Å². The summed E-state index contributed by atoms with van der Waals surface area (Å²) in [5.41, 5.74) is 2.49. The van der Waals surface area contributed by atoms with Crippen LogP contribution >= 0.6 is 0 Å². The second kappa shape index (κ2) is 7.01. The van der Waals surface area contributed by atoms with E-state index in [1.165, 1.54) is 11.1 Å².